The van der Waals surface area contributed by atoms with Gasteiger partial charge >= 0.3 is 0 Å². The van der Waals surface area contributed by atoms with E-state index in [1.54, 1.807) is 7.11 Å². The molecule has 2 rings (SSSR count). The molecule has 1 fully saturated rings. The van der Waals surface area contributed by atoms with Crippen LogP contribution in [0.4, 0.5) is 0 Å². The highest BCUT2D eigenvalue weighted by Gasteiger charge is 2.21. The van der Waals surface area contributed by atoms with Gasteiger partial charge in [0.2, 0.25) is 0 Å². The highest BCUT2D eigenvalue weighted by molar-refractivity contribution is 5.94. The topological polar surface area (TPSA) is 36.0 Å². The van der Waals surface area contributed by atoms with Crippen molar-refractivity contribution in [2.75, 3.05) is 60.0 Å². The summed E-state index contributed by atoms with van der Waals surface area (Å²) in [6, 6.07) is 7.36. The third-order valence-corrected chi connectivity index (χ3v) is 4.55. The second-order valence-electron chi connectivity index (χ2n) is 6.11. The maximum atomic E-state index is 12.5. The summed E-state index contributed by atoms with van der Waals surface area (Å²) in [4.78, 5) is 19.3. The molecule has 1 aliphatic heterocycles. The minimum atomic E-state index is 0.123. The number of benzene rings is 1. The smallest absolute Gasteiger partial charge is 0.253 e. The fourth-order valence-corrected chi connectivity index (χ4v) is 2.81. The number of nitrogens with zero attached hydrogens (tertiary/aromatic N) is 3. The Morgan fingerprint density at radius 3 is 2.39 bits per heavy atom. The van der Waals surface area contributed by atoms with Gasteiger partial charge in [-0.2, -0.15) is 0 Å². The standard InChI is InChI=1S/C18H29N3O2/c1-4-19(2)10-5-11-20-12-14-21(15-13-20)18(22)16-6-8-17(23-3)9-7-16/h6-9H,4-5,10-15H2,1-3H3. The molecule has 1 aromatic carbocycles. The van der Waals surface area contributed by atoms with Crippen LogP contribution in [0, 0.1) is 0 Å². The normalized spacial score (nSPS) is 15.9. The molecule has 0 unspecified atom stereocenters. The highest BCUT2D eigenvalue weighted by Crippen LogP contribution is 2.14. The number of hydrogen-bond donors (Lipinski definition) is 0. The Labute approximate surface area is 139 Å². The number of ether oxygens (including phenoxy) is 1. The van der Waals surface area contributed by atoms with Crippen molar-refractivity contribution in [1.29, 1.82) is 0 Å². The van der Waals surface area contributed by atoms with Crippen LogP contribution in [-0.2, 0) is 0 Å². The van der Waals surface area contributed by atoms with E-state index in [2.05, 4.69) is 23.8 Å². The van der Waals surface area contributed by atoms with E-state index in [4.69, 9.17) is 4.74 Å². The molecule has 0 radical (unpaired) electrons. The van der Waals surface area contributed by atoms with Crippen LogP contribution < -0.4 is 4.74 Å². The second kappa shape index (κ2) is 8.89. The molecule has 0 atom stereocenters. The summed E-state index contributed by atoms with van der Waals surface area (Å²) in [5, 5.41) is 0. The summed E-state index contributed by atoms with van der Waals surface area (Å²) in [6.07, 6.45) is 1.19. The Balaban J connectivity index is 1.76. The van der Waals surface area contributed by atoms with E-state index in [0.717, 1.165) is 57.1 Å². The van der Waals surface area contributed by atoms with Gasteiger partial charge in [-0.05, 0) is 57.4 Å². The second-order valence-corrected chi connectivity index (χ2v) is 6.11. The molecule has 1 heterocycles. The summed E-state index contributed by atoms with van der Waals surface area (Å²) in [7, 11) is 3.79. The summed E-state index contributed by atoms with van der Waals surface area (Å²) in [5.41, 5.74) is 0.740. The molecular weight excluding hydrogens is 290 g/mol. The van der Waals surface area contributed by atoms with Gasteiger partial charge in [-0.1, -0.05) is 6.92 Å². The minimum absolute atomic E-state index is 0.123. The van der Waals surface area contributed by atoms with Crippen molar-refractivity contribution >= 4 is 5.91 Å². The van der Waals surface area contributed by atoms with Crippen LogP contribution in [-0.4, -0.2) is 80.6 Å². The van der Waals surface area contributed by atoms with Crippen molar-refractivity contribution in [1.82, 2.24) is 14.7 Å². The van der Waals surface area contributed by atoms with Gasteiger partial charge in [0.05, 0.1) is 7.11 Å². The average Bonchev–Trinajstić information content (AvgIpc) is 2.61. The van der Waals surface area contributed by atoms with Crippen LogP contribution in [0.1, 0.15) is 23.7 Å². The predicted molar refractivity (Wildman–Crippen MR) is 93.1 cm³/mol. The van der Waals surface area contributed by atoms with E-state index in [1.807, 2.05) is 29.2 Å². The Kier molecular flexibility index (Phi) is 6.86. The van der Waals surface area contributed by atoms with E-state index in [9.17, 15) is 4.79 Å². The Morgan fingerprint density at radius 2 is 1.83 bits per heavy atom. The zero-order valence-corrected chi connectivity index (χ0v) is 14.6. The predicted octanol–water partition coefficient (Wildman–Crippen LogP) is 1.79. The lowest BCUT2D eigenvalue weighted by Crippen LogP contribution is -2.49. The lowest BCUT2D eigenvalue weighted by Gasteiger charge is -2.35. The molecule has 5 heteroatoms. The first-order chi connectivity index (χ1) is 11.1. The Bertz CT molecular complexity index is 482. The molecule has 0 bridgehead atoms. The molecule has 1 aromatic rings. The van der Waals surface area contributed by atoms with E-state index in [1.165, 1.54) is 6.42 Å². The lowest BCUT2D eigenvalue weighted by molar-refractivity contribution is 0.0633. The number of carbonyl (C=O) groups is 1. The van der Waals surface area contributed by atoms with Crippen LogP contribution in [0.2, 0.25) is 0 Å². The van der Waals surface area contributed by atoms with Crippen LogP contribution in [0.3, 0.4) is 0 Å². The third-order valence-electron chi connectivity index (χ3n) is 4.55. The van der Waals surface area contributed by atoms with Gasteiger partial charge in [-0.3, -0.25) is 9.69 Å². The SMILES string of the molecule is CCN(C)CCCN1CCN(C(=O)c2ccc(OC)cc2)CC1. The number of methoxy groups -OCH3 is 1. The number of rotatable bonds is 7. The van der Waals surface area contributed by atoms with Crippen LogP contribution in [0.5, 0.6) is 5.75 Å². The number of amides is 1. The van der Waals surface area contributed by atoms with Crippen LogP contribution in [0.25, 0.3) is 0 Å². The first kappa shape index (κ1) is 17.8. The molecule has 1 aliphatic rings. The van der Waals surface area contributed by atoms with Gasteiger partial charge in [0.1, 0.15) is 5.75 Å². The van der Waals surface area contributed by atoms with Crippen molar-refractivity contribution in [3.8, 4) is 5.75 Å². The van der Waals surface area contributed by atoms with Crippen molar-refractivity contribution in [2.45, 2.75) is 13.3 Å². The molecule has 0 spiro atoms. The molecule has 0 aliphatic carbocycles. The molecule has 1 saturated heterocycles. The van der Waals surface area contributed by atoms with E-state index >= 15 is 0 Å². The monoisotopic (exact) mass is 319 g/mol. The summed E-state index contributed by atoms with van der Waals surface area (Å²) in [5.74, 6) is 0.904. The number of hydrogen-bond acceptors (Lipinski definition) is 4. The van der Waals surface area contributed by atoms with Crippen LogP contribution >= 0.6 is 0 Å². The zero-order valence-electron chi connectivity index (χ0n) is 14.6. The maximum absolute atomic E-state index is 12.5. The van der Waals surface area contributed by atoms with Gasteiger partial charge in [0.25, 0.3) is 5.91 Å². The molecule has 23 heavy (non-hydrogen) atoms. The molecule has 0 aromatic heterocycles. The lowest BCUT2D eigenvalue weighted by atomic mass is 10.1. The Hall–Kier alpha value is -1.59. The molecule has 1 amide bonds. The van der Waals surface area contributed by atoms with E-state index in [0.29, 0.717) is 0 Å². The van der Waals surface area contributed by atoms with Gasteiger partial charge in [0.15, 0.2) is 0 Å². The molecule has 0 saturated carbocycles. The molecular formula is C18H29N3O2. The first-order valence-corrected chi connectivity index (χ1v) is 8.48. The van der Waals surface area contributed by atoms with Crippen molar-refractivity contribution < 1.29 is 9.53 Å². The van der Waals surface area contributed by atoms with E-state index in [-0.39, 0.29) is 5.91 Å². The Morgan fingerprint density at radius 1 is 1.17 bits per heavy atom. The van der Waals surface area contributed by atoms with Crippen molar-refractivity contribution in [3.63, 3.8) is 0 Å². The average molecular weight is 319 g/mol. The van der Waals surface area contributed by atoms with Gasteiger partial charge in [-0.15, -0.1) is 0 Å². The van der Waals surface area contributed by atoms with Gasteiger partial charge in [-0.25, -0.2) is 0 Å². The molecule has 5 nitrogen and oxygen atoms in total. The molecule has 0 N–H and O–H groups in total. The zero-order chi connectivity index (χ0) is 16.7. The minimum Gasteiger partial charge on any atom is -0.497 e. The summed E-state index contributed by atoms with van der Waals surface area (Å²) < 4.78 is 5.14. The van der Waals surface area contributed by atoms with Crippen LogP contribution in [0.15, 0.2) is 24.3 Å². The quantitative estimate of drug-likeness (QED) is 0.768. The number of carbonyl (C=O) groups excluding carboxylic acids is 1. The molecule has 128 valence electrons. The first-order valence-electron chi connectivity index (χ1n) is 8.48. The summed E-state index contributed by atoms with van der Waals surface area (Å²) in [6.45, 7) is 9.11. The fraction of sp³-hybridized carbons (Fsp3) is 0.611. The number of piperazine rings is 1. The van der Waals surface area contributed by atoms with Gasteiger partial charge in [0, 0.05) is 31.7 Å². The third kappa shape index (κ3) is 5.22. The van der Waals surface area contributed by atoms with Gasteiger partial charge < -0.3 is 14.5 Å². The largest absolute Gasteiger partial charge is 0.497 e. The van der Waals surface area contributed by atoms with Crippen molar-refractivity contribution in [2.24, 2.45) is 0 Å². The van der Waals surface area contributed by atoms with E-state index < -0.39 is 0 Å². The van der Waals surface area contributed by atoms with Crippen molar-refractivity contribution in [3.05, 3.63) is 29.8 Å². The fourth-order valence-electron chi connectivity index (χ4n) is 2.81. The maximum Gasteiger partial charge on any atom is 0.253 e. The highest BCUT2D eigenvalue weighted by atomic mass is 16.5. The summed E-state index contributed by atoms with van der Waals surface area (Å²) >= 11 is 0.